The Morgan fingerprint density at radius 2 is 1.79 bits per heavy atom. The van der Waals surface area contributed by atoms with Crippen molar-refractivity contribution in [3.05, 3.63) is 23.8 Å². The van der Waals surface area contributed by atoms with E-state index in [0.29, 0.717) is 6.54 Å². The highest BCUT2D eigenvalue weighted by molar-refractivity contribution is 6.00. The summed E-state index contributed by atoms with van der Waals surface area (Å²) in [5, 5.41) is 19.3. The van der Waals surface area contributed by atoms with Gasteiger partial charge in [0.05, 0.1) is 6.54 Å². The number of rotatable bonds is 5. The smallest absolute Gasteiger partial charge is 0.261 e. The van der Waals surface area contributed by atoms with Crippen LogP contribution in [0.1, 0.15) is 24.2 Å². The van der Waals surface area contributed by atoms with Crippen LogP contribution in [0, 0.1) is 5.92 Å². The molecule has 104 valence electrons. The average Bonchev–Trinajstić information content (AvgIpc) is 2.26. The molecule has 0 unspecified atom stereocenters. The third-order valence-electron chi connectivity index (χ3n) is 2.45. The number of nitrogens with zero attached hydrogens (tertiary/aromatic N) is 1. The highest BCUT2D eigenvalue weighted by atomic mass is 16.3. The zero-order chi connectivity index (χ0) is 14.6. The van der Waals surface area contributed by atoms with Crippen molar-refractivity contribution < 1.29 is 19.8 Å². The van der Waals surface area contributed by atoms with Crippen LogP contribution in [0.2, 0.25) is 0 Å². The molecule has 6 heteroatoms. The number of nitrogens with two attached hydrogens (primary N) is 1. The van der Waals surface area contributed by atoms with Crippen molar-refractivity contribution >= 4 is 11.8 Å². The van der Waals surface area contributed by atoms with Crippen molar-refractivity contribution in [1.29, 1.82) is 0 Å². The molecule has 2 amide bonds. The van der Waals surface area contributed by atoms with Gasteiger partial charge in [0.2, 0.25) is 5.91 Å². The van der Waals surface area contributed by atoms with E-state index in [2.05, 4.69) is 0 Å². The van der Waals surface area contributed by atoms with Gasteiger partial charge in [-0.1, -0.05) is 19.9 Å². The van der Waals surface area contributed by atoms with Crippen LogP contribution in [-0.2, 0) is 4.79 Å². The molecule has 0 bridgehead atoms. The van der Waals surface area contributed by atoms with E-state index in [-0.39, 0.29) is 29.5 Å². The third-order valence-corrected chi connectivity index (χ3v) is 2.45. The van der Waals surface area contributed by atoms with Gasteiger partial charge in [0.25, 0.3) is 5.91 Å². The zero-order valence-electron chi connectivity index (χ0n) is 11.0. The number of primary amides is 1. The fraction of sp³-hybridized carbons (Fsp3) is 0.385. The predicted molar refractivity (Wildman–Crippen MR) is 69.7 cm³/mol. The van der Waals surface area contributed by atoms with Gasteiger partial charge in [-0.25, -0.2) is 0 Å². The maximum atomic E-state index is 12.3. The summed E-state index contributed by atoms with van der Waals surface area (Å²) in [6.45, 7) is 3.80. The lowest BCUT2D eigenvalue weighted by atomic mass is 10.1. The molecule has 0 saturated heterocycles. The van der Waals surface area contributed by atoms with Gasteiger partial charge in [-0.15, -0.1) is 0 Å². The summed E-state index contributed by atoms with van der Waals surface area (Å²) in [4.78, 5) is 24.5. The number of carbonyl (C=O) groups excluding carboxylic acids is 2. The quantitative estimate of drug-likeness (QED) is 0.729. The highest BCUT2D eigenvalue weighted by Crippen LogP contribution is 2.27. The monoisotopic (exact) mass is 266 g/mol. The molecule has 0 atom stereocenters. The molecular weight excluding hydrogens is 248 g/mol. The van der Waals surface area contributed by atoms with Gasteiger partial charge in [-0.3, -0.25) is 9.59 Å². The Labute approximate surface area is 111 Å². The largest absolute Gasteiger partial charge is 0.507 e. The number of hydrogen-bond donors (Lipinski definition) is 3. The van der Waals surface area contributed by atoms with E-state index < -0.39 is 11.8 Å². The first-order valence-electron chi connectivity index (χ1n) is 5.91. The van der Waals surface area contributed by atoms with E-state index in [9.17, 15) is 19.8 Å². The van der Waals surface area contributed by atoms with Crippen LogP contribution >= 0.6 is 0 Å². The Bertz CT molecular complexity index is 465. The summed E-state index contributed by atoms with van der Waals surface area (Å²) in [5.41, 5.74) is 4.89. The molecule has 0 saturated carbocycles. The van der Waals surface area contributed by atoms with E-state index in [1.807, 2.05) is 13.8 Å². The van der Waals surface area contributed by atoms with Crippen molar-refractivity contribution in [3.8, 4) is 11.5 Å². The van der Waals surface area contributed by atoms with Crippen molar-refractivity contribution in [3.63, 3.8) is 0 Å². The van der Waals surface area contributed by atoms with Gasteiger partial charge in [-0.2, -0.15) is 0 Å². The van der Waals surface area contributed by atoms with Gasteiger partial charge in [-0.05, 0) is 18.1 Å². The van der Waals surface area contributed by atoms with Crippen molar-refractivity contribution in [2.75, 3.05) is 13.1 Å². The molecule has 0 aliphatic rings. The van der Waals surface area contributed by atoms with Gasteiger partial charge >= 0.3 is 0 Å². The first-order chi connectivity index (χ1) is 8.82. The van der Waals surface area contributed by atoms with E-state index >= 15 is 0 Å². The number of hydrogen-bond acceptors (Lipinski definition) is 4. The fourth-order valence-electron chi connectivity index (χ4n) is 1.75. The van der Waals surface area contributed by atoms with Crippen molar-refractivity contribution in [2.45, 2.75) is 13.8 Å². The van der Waals surface area contributed by atoms with Gasteiger partial charge in [0.1, 0.15) is 17.1 Å². The summed E-state index contributed by atoms with van der Waals surface area (Å²) in [6.07, 6.45) is 0. The molecule has 0 spiro atoms. The maximum absolute atomic E-state index is 12.3. The minimum absolute atomic E-state index is 0.122. The van der Waals surface area contributed by atoms with Gasteiger partial charge in [0, 0.05) is 6.54 Å². The highest BCUT2D eigenvalue weighted by Gasteiger charge is 2.24. The molecule has 1 rings (SSSR count). The second-order valence-electron chi connectivity index (χ2n) is 4.72. The Kier molecular flexibility index (Phi) is 4.74. The molecular formula is C13H18N2O4. The maximum Gasteiger partial charge on any atom is 0.261 e. The Morgan fingerprint density at radius 1 is 1.26 bits per heavy atom. The molecule has 0 aliphatic heterocycles. The number of amides is 2. The van der Waals surface area contributed by atoms with Crippen LogP contribution in [0.25, 0.3) is 0 Å². The fourth-order valence-corrected chi connectivity index (χ4v) is 1.75. The lowest BCUT2D eigenvalue weighted by Gasteiger charge is -2.23. The first-order valence-corrected chi connectivity index (χ1v) is 5.91. The lowest BCUT2D eigenvalue weighted by molar-refractivity contribution is -0.118. The lowest BCUT2D eigenvalue weighted by Crippen LogP contribution is -2.40. The molecule has 0 aromatic heterocycles. The molecule has 6 nitrogen and oxygen atoms in total. The second-order valence-corrected chi connectivity index (χ2v) is 4.72. The SMILES string of the molecule is CC(C)CN(CC(N)=O)C(=O)c1c(O)cccc1O. The molecule has 0 heterocycles. The minimum Gasteiger partial charge on any atom is -0.507 e. The normalized spacial score (nSPS) is 10.5. The number of phenols is 2. The summed E-state index contributed by atoms with van der Waals surface area (Å²) in [6, 6.07) is 4.01. The standard InChI is InChI=1S/C13H18N2O4/c1-8(2)6-15(7-11(14)18)13(19)12-9(16)4-3-5-10(12)17/h3-5,8,16-17H,6-7H2,1-2H3,(H2,14,18). The summed E-state index contributed by atoms with van der Waals surface area (Å²) >= 11 is 0. The Balaban J connectivity index is 3.08. The Morgan fingerprint density at radius 3 is 2.21 bits per heavy atom. The number of phenolic OH excluding ortho intramolecular Hbond substituents is 2. The number of aromatic hydroxyl groups is 2. The van der Waals surface area contributed by atoms with Crippen LogP contribution < -0.4 is 5.73 Å². The summed E-state index contributed by atoms with van der Waals surface area (Å²) in [7, 11) is 0. The molecule has 19 heavy (non-hydrogen) atoms. The number of carbonyl (C=O) groups is 2. The van der Waals surface area contributed by atoms with Gasteiger partial charge < -0.3 is 20.8 Å². The van der Waals surface area contributed by atoms with Crippen LogP contribution in [0.15, 0.2) is 18.2 Å². The summed E-state index contributed by atoms with van der Waals surface area (Å²) < 4.78 is 0. The van der Waals surface area contributed by atoms with Crippen LogP contribution in [0.3, 0.4) is 0 Å². The van der Waals surface area contributed by atoms with Gasteiger partial charge in [0.15, 0.2) is 0 Å². The summed E-state index contributed by atoms with van der Waals surface area (Å²) in [5.74, 6) is -1.81. The molecule has 4 N–H and O–H groups in total. The first kappa shape index (κ1) is 14.8. The second kappa shape index (κ2) is 6.08. The average molecular weight is 266 g/mol. The minimum atomic E-state index is -0.649. The van der Waals surface area contributed by atoms with Crippen molar-refractivity contribution in [2.24, 2.45) is 11.7 Å². The topological polar surface area (TPSA) is 104 Å². The molecule has 1 aromatic rings. The van der Waals surface area contributed by atoms with E-state index in [1.165, 1.54) is 23.1 Å². The molecule has 0 fully saturated rings. The third kappa shape index (κ3) is 3.87. The predicted octanol–water partition coefficient (Wildman–Crippen LogP) is 0.681. The molecule has 0 aliphatic carbocycles. The van der Waals surface area contributed by atoms with E-state index in [0.717, 1.165) is 0 Å². The van der Waals surface area contributed by atoms with Crippen LogP contribution in [0.5, 0.6) is 11.5 Å². The van der Waals surface area contributed by atoms with Crippen molar-refractivity contribution in [1.82, 2.24) is 4.90 Å². The number of benzene rings is 1. The van der Waals surface area contributed by atoms with Crippen LogP contribution in [-0.4, -0.2) is 40.0 Å². The molecule has 0 radical (unpaired) electrons. The van der Waals surface area contributed by atoms with E-state index in [4.69, 9.17) is 5.73 Å². The van der Waals surface area contributed by atoms with Crippen LogP contribution in [0.4, 0.5) is 0 Å². The van der Waals surface area contributed by atoms with E-state index in [1.54, 1.807) is 0 Å². The zero-order valence-corrected chi connectivity index (χ0v) is 11.0. The molecule has 1 aromatic carbocycles. The Hall–Kier alpha value is -2.24.